The summed E-state index contributed by atoms with van der Waals surface area (Å²) in [6.45, 7) is 8.51. The van der Waals surface area contributed by atoms with Crippen molar-refractivity contribution in [3.05, 3.63) is 40.4 Å². The maximum atomic E-state index is 13.1. The fraction of sp³-hybridized carbons (Fsp3) is 0.600. The van der Waals surface area contributed by atoms with Crippen LogP contribution in [0.5, 0.6) is 0 Å². The summed E-state index contributed by atoms with van der Waals surface area (Å²) in [6.07, 6.45) is -0.221. The van der Waals surface area contributed by atoms with Gasteiger partial charge in [0.15, 0.2) is 0 Å². The Morgan fingerprint density at radius 3 is 2.37 bits per heavy atom. The molecular formula is C20H29N5O4S. The number of aromatic nitrogens is 2. The van der Waals surface area contributed by atoms with Gasteiger partial charge in [0.2, 0.25) is 0 Å². The third-order valence-electron chi connectivity index (χ3n) is 5.89. The molecule has 0 amide bonds. The summed E-state index contributed by atoms with van der Waals surface area (Å²) in [7, 11) is -3.51. The Balaban J connectivity index is 1.45. The summed E-state index contributed by atoms with van der Waals surface area (Å²) in [5, 5.41) is 0.568. The summed E-state index contributed by atoms with van der Waals surface area (Å²) in [4.78, 5) is 22.0. The topological polar surface area (TPSA) is 98.8 Å². The van der Waals surface area contributed by atoms with Crippen LogP contribution >= 0.6 is 0 Å². The van der Waals surface area contributed by atoms with Gasteiger partial charge in [-0.05, 0) is 32.9 Å². The van der Waals surface area contributed by atoms with Crippen molar-refractivity contribution < 1.29 is 13.2 Å². The lowest BCUT2D eigenvalue weighted by atomic mass is 10.2. The third-order valence-corrected chi connectivity index (χ3v) is 7.85. The van der Waals surface area contributed by atoms with Gasteiger partial charge in [0.1, 0.15) is 5.82 Å². The molecule has 2 aliphatic rings. The third kappa shape index (κ3) is 4.15. The average Bonchev–Trinajstić information content (AvgIpc) is 2.72. The van der Waals surface area contributed by atoms with E-state index in [4.69, 9.17) is 4.74 Å². The van der Waals surface area contributed by atoms with E-state index >= 15 is 0 Å². The molecule has 30 heavy (non-hydrogen) atoms. The van der Waals surface area contributed by atoms with Crippen LogP contribution in [0.25, 0.3) is 10.9 Å². The lowest BCUT2D eigenvalue weighted by Crippen LogP contribution is -2.57. The number of benzene rings is 1. The van der Waals surface area contributed by atoms with E-state index in [1.807, 2.05) is 39.0 Å². The summed E-state index contributed by atoms with van der Waals surface area (Å²) in [5.41, 5.74) is 0.513. The number of H-pyrrole nitrogens is 1. The molecule has 1 N–H and O–H groups in total. The summed E-state index contributed by atoms with van der Waals surface area (Å²) in [5.74, 6) is 0.603. The van der Waals surface area contributed by atoms with Crippen LogP contribution in [-0.2, 0) is 14.9 Å². The number of piperazine rings is 1. The number of rotatable bonds is 4. The standard InChI is InChI=1S/C20H29N5O4S/c1-14-12-25(13-15(2)29-14)30(27,28)24-10-8-23(9-11-24)16(3)19-21-18-7-5-4-6-17(18)20(26)22-19/h4-7,14-16H,8-13H2,1-3H3,(H,21,22,26). The number of para-hydroxylation sites is 1. The van der Waals surface area contributed by atoms with Crippen molar-refractivity contribution >= 4 is 21.1 Å². The maximum absolute atomic E-state index is 13.1. The van der Waals surface area contributed by atoms with Crippen LogP contribution in [-0.4, -0.2) is 83.4 Å². The predicted molar refractivity (Wildman–Crippen MR) is 114 cm³/mol. The highest BCUT2D eigenvalue weighted by atomic mass is 32.2. The molecule has 10 heteroatoms. The highest BCUT2D eigenvalue weighted by Gasteiger charge is 2.37. The average molecular weight is 436 g/mol. The lowest BCUT2D eigenvalue weighted by molar-refractivity contribution is -0.0458. The van der Waals surface area contributed by atoms with Gasteiger partial charge in [0.05, 0.1) is 29.2 Å². The van der Waals surface area contributed by atoms with Crippen LogP contribution in [0, 0.1) is 0 Å². The molecule has 2 saturated heterocycles. The molecule has 0 saturated carbocycles. The molecule has 1 aromatic carbocycles. The monoisotopic (exact) mass is 435 g/mol. The van der Waals surface area contributed by atoms with Crippen molar-refractivity contribution in [2.75, 3.05) is 39.3 Å². The van der Waals surface area contributed by atoms with Gasteiger partial charge in [-0.3, -0.25) is 9.69 Å². The molecule has 0 radical (unpaired) electrons. The molecule has 1 aromatic heterocycles. The molecule has 0 spiro atoms. The highest BCUT2D eigenvalue weighted by Crippen LogP contribution is 2.23. The number of nitrogens with zero attached hydrogens (tertiary/aromatic N) is 4. The van der Waals surface area contributed by atoms with Crippen molar-refractivity contribution in [1.29, 1.82) is 0 Å². The van der Waals surface area contributed by atoms with E-state index in [2.05, 4.69) is 14.9 Å². The first-order valence-electron chi connectivity index (χ1n) is 10.4. The van der Waals surface area contributed by atoms with Crippen molar-refractivity contribution in [2.24, 2.45) is 0 Å². The Kier molecular flexibility index (Phi) is 5.95. The molecule has 164 valence electrons. The zero-order valence-electron chi connectivity index (χ0n) is 17.6. The fourth-order valence-corrected chi connectivity index (χ4v) is 6.03. The Hall–Kier alpha value is -1.85. The van der Waals surface area contributed by atoms with Crippen LogP contribution in [0.2, 0.25) is 0 Å². The van der Waals surface area contributed by atoms with Gasteiger partial charge in [-0.25, -0.2) is 4.98 Å². The van der Waals surface area contributed by atoms with Gasteiger partial charge in [-0.2, -0.15) is 17.0 Å². The first-order valence-corrected chi connectivity index (χ1v) is 11.8. The van der Waals surface area contributed by atoms with E-state index in [1.54, 1.807) is 10.4 Å². The zero-order chi connectivity index (χ0) is 21.5. The number of aromatic amines is 1. The Morgan fingerprint density at radius 1 is 1.07 bits per heavy atom. The van der Waals surface area contributed by atoms with Crippen molar-refractivity contribution in [1.82, 2.24) is 23.5 Å². The molecule has 3 heterocycles. The Bertz CT molecular complexity index is 1050. The molecule has 3 atom stereocenters. The number of fused-ring (bicyclic) bond motifs is 1. The van der Waals surface area contributed by atoms with Gasteiger partial charge in [0, 0.05) is 39.3 Å². The number of morpholine rings is 1. The van der Waals surface area contributed by atoms with Gasteiger partial charge in [-0.1, -0.05) is 12.1 Å². The molecule has 2 aliphatic heterocycles. The van der Waals surface area contributed by atoms with Crippen molar-refractivity contribution in [3.63, 3.8) is 0 Å². The van der Waals surface area contributed by atoms with Gasteiger partial charge in [-0.15, -0.1) is 0 Å². The minimum atomic E-state index is -3.51. The molecule has 4 rings (SSSR count). The van der Waals surface area contributed by atoms with Crippen LogP contribution in [0.4, 0.5) is 0 Å². The zero-order valence-corrected chi connectivity index (χ0v) is 18.4. The lowest BCUT2D eigenvalue weighted by Gasteiger charge is -2.41. The number of ether oxygens (including phenoxy) is 1. The molecule has 0 aliphatic carbocycles. The number of nitrogens with one attached hydrogen (secondary N) is 1. The summed E-state index contributed by atoms with van der Waals surface area (Å²) < 4.78 is 34.9. The second kappa shape index (κ2) is 8.35. The van der Waals surface area contributed by atoms with E-state index < -0.39 is 10.2 Å². The normalized spacial score (nSPS) is 26.1. The molecule has 3 unspecified atom stereocenters. The molecular weight excluding hydrogens is 406 g/mol. The summed E-state index contributed by atoms with van der Waals surface area (Å²) in [6, 6.07) is 7.15. The minimum absolute atomic E-state index is 0.111. The summed E-state index contributed by atoms with van der Waals surface area (Å²) >= 11 is 0. The SMILES string of the molecule is CC1CN(S(=O)(=O)N2CCN(C(C)c3nc4ccccc4c(=O)[nH]3)CC2)CC(C)O1. The molecule has 2 fully saturated rings. The Morgan fingerprint density at radius 2 is 1.70 bits per heavy atom. The minimum Gasteiger partial charge on any atom is -0.373 e. The first kappa shape index (κ1) is 21.4. The number of hydrogen-bond acceptors (Lipinski definition) is 6. The van der Waals surface area contributed by atoms with Crippen LogP contribution in [0.3, 0.4) is 0 Å². The molecule has 0 bridgehead atoms. The Labute approximate surface area is 176 Å². The smallest absolute Gasteiger partial charge is 0.282 e. The highest BCUT2D eigenvalue weighted by molar-refractivity contribution is 7.86. The quantitative estimate of drug-likeness (QED) is 0.768. The second-order valence-electron chi connectivity index (χ2n) is 8.16. The number of hydrogen-bond donors (Lipinski definition) is 1. The van der Waals surface area contributed by atoms with Gasteiger partial charge < -0.3 is 9.72 Å². The van der Waals surface area contributed by atoms with Crippen LogP contribution < -0.4 is 5.56 Å². The fourth-order valence-electron chi connectivity index (χ4n) is 4.28. The van der Waals surface area contributed by atoms with Gasteiger partial charge in [0.25, 0.3) is 15.8 Å². The van der Waals surface area contributed by atoms with E-state index in [1.165, 1.54) is 4.31 Å². The first-order chi connectivity index (χ1) is 14.3. The van der Waals surface area contributed by atoms with E-state index in [-0.39, 0.29) is 23.8 Å². The molecule has 2 aromatic rings. The molecule has 9 nitrogen and oxygen atoms in total. The van der Waals surface area contributed by atoms with Crippen LogP contribution in [0.15, 0.2) is 29.1 Å². The van der Waals surface area contributed by atoms with E-state index in [0.29, 0.717) is 56.0 Å². The van der Waals surface area contributed by atoms with E-state index in [9.17, 15) is 13.2 Å². The largest absolute Gasteiger partial charge is 0.373 e. The predicted octanol–water partition coefficient (Wildman–Crippen LogP) is 0.956. The van der Waals surface area contributed by atoms with E-state index in [0.717, 1.165) is 0 Å². The second-order valence-corrected chi connectivity index (χ2v) is 10.1. The van der Waals surface area contributed by atoms with Crippen molar-refractivity contribution in [3.8, 4) is 0 Å². The maximum Gasteiger partial charge on any atom is 0.282 e. The van der Waals surface area contributed by atoms with Crippen LogP contribution in [0.1, 0.15) is 32.6 Å². The van der Waals surface area contributed by atoms with Gasteiger partial charge >= 0.3 is 0 Å². The van der Waals surface area contributed by atoms with Crippen molar-refractivity contribution in [2.45, 2.75) is 39.0 Å².